The Hall–Kier alpha value is -1.35. The third-order valence-corrected chi connectivity index (χ3v) is 3.17. The van der Waals surface area contributed by atoms with Crippen molar-refractivity contribution >= 4 is 11.9 Å². The van der Waals surface area contributed by atoms with Crippen LogP contribution in [0.2, 0.25) is 0 Å². The third-order valence-electron chi connectivity index (χ3n) is 3.17. The van der Waals surface area contributed by atoms with Crippen molar-refractivity contribution in [3.8, 4) is 0 Å². The molecule has 6 nitrogen and oxygen atoms in total. The lowest BCUT2D eigenvalue weighted by Gasteiger charge is -2.16. The summed E-state index contributed by atoms with van der Waals surface area (Å²) in [6.45, 7) is 0.393. The number of nitrogens with zero attached hydrogens (tertiary/aromatic N) is 1. The molecule has 0 unspecified atom stereocenters. The van der Waals surface area contributed by atoms with E-state index in [1.807, 2.05) is 4.90 Å². The molecule has 1 aliphatic heterocycles. The van der Waals surface area contributed by atoms with Crippen LogP contribution in [0.1, 0.15) is 12.8 Å². The highest BCUT2D eigenvalue weighted by atomic mass is 19.4. The quantitative estimate of drug-likeness (QED) is 0.565. The molecule has 122 valence electrons. The van der Waals surface area contributed by atoms with E-state index in [4.69, 9.17) is 4.74 Å². The van der Waals surface area contributed by atoms with Gasteiger partial charge in [0.2, 0.25) is 5.91 Å². The summed E-state index contributed by atoms with van der Waals surface area (Å²) in [6.07, 6.45) is -4.42. The van der Waals surface area contributed by atoms with Crippen LogP contribution < -0.4 is 5.32 Å². The monoisotopic (exact) mass is 312 g/mol. The fourth-order valence-electron chi connectivity index (χ4n) is 2.10. The molecule has 0 saturated carbocycles. The Morgan fingerprint density at radius 2 is 2.00 bits per heavy atom. The first kappa shape index (κ1) is 17.7. The van der Waals surface area contributed by atoms with E-state index in [0.717, 1.165) is 0 Å². The predicted molar refractivity (Wildman–Crippen MR) is 66.5 cm³/mol. The van der Waals surface area contributed by atoms with Crippen molar-refractivity contribution in [2.75, 3.05) is 33.9 Å². The summed E-state index contributed by atoms with van der Waals surface area (Å²) in [6, 6.07) is -0.261. The number of nitrogens with one attached hydrogen (secondary N) is 1. The highest BCUT2D eigenvalue weighted by molar-refractivity contribution is 5.81. The molecule has 21 heavy (non-hydrogen) atoms. The van der Waals surface area contributed by atoms with Crippen molar-refractivity contribution in [3.05, 3.63) is 0 Å². The molecule has 0 aromatic carbocycles. The van der Waals surface area contributed by atoms with E-state index in [-0.39, 0.29) is 37.7 Å². The number of likely N-dealkylation sites (tertiary alicyclic amines) is 1. The van der Waals surface area contributed by atoms with E-state index >= 15 is 0 Å². The van der Waals surface area contributed by atoms with E-state index in [1.165, 1.54) is 0 Å². The summed E-state index contributed by atoms with van der Waals surface area (Å²) in [4.78, 5) is 23.8. The predicted octanol–water partition coefficient (Wildman–Crippen LogP) is 0.317. The van der Waals surface area contributed by atoms with E-state index in [2.05, 4.69) is 10.1 Å². The lowest BCUT2D eigenvalue weighted by Crippen LogP contribution is -2.39. The van der Waals surface area contributed by atoms with Crippen LogP contribution in [0.15, 0.2) is 0 Å². The Morgan fingerprint density at radius 1 is 1.33 bits per heavy atom. The van der Waals surface area contributed by atoms with Gasteiger partial charge in [0.25, 0.3) is 0 Å². The normalized spacial score (nSPS) is 23.1. The van der Waals surface area contributed by atoms with Crippen LogP contribution >= 0.6 is 0 Å². The van der Waals surface area contributed by atoms with Crippen molar-refractivity contribution in [1.29, 1.82) is 0 Å². The van der Waals surface area contributed by atoms with Gasteiger partial charge in [0, 0.05) is 20.0 Å². The zero-order valence-electron chi connectivity index (χ0n) is 11.9. The summed E-state index contributed by atoms with van der Waals surface area (Å²) < 4.78 is 45.1. The minimum atomic E-state index is -4.96. The third kappa shape index (κ3) is 5.50. The van der Waals surface area contributed by atoms with Gasteiger partial charge in [-0.2, -0.15) is 13.2 Å². The highest BCUT2D eigenvalue weighted by Crippen LogP contribution is 2.19. The number of rotatable bonds is 6. The minimum Gasteiger partial charge on any atom is -0.459 e. The van der Waals surface area contributed by atoms with E-state index in [1.54, 1.807) is 14.1 Å². The van der Waals surface area contributed by atoms with Gasteiger partial charge in [-0.15, -0.1) is 0 Å². The molecule has 0 aromatic heterocycles. The molecule has 1 fully saturated rings. The van der Waals surface area contributed by atoms with E-state index < -0.39 is 12.1 Å². The number of likely N-dealkylation sites (N-methyl/N-ethyl adjacent to an activating group) is 2. The van der Waals surface area contributed by atoms with Crippen molar-refractivity contribution in [2.24, 2.45) is 0 Å². The first-order valence-corrected chi connectivity index (χ1v) is 6.53. The first-order valence-electron chi connectivity index (χ1n) is 6.53. The number of amides is 1. The Balaban J connectivity index is 2.17. The Morgan fingerprint density at radius 3 is 2.57 bits per heavy atom. The SMILES string of the molecule is CNC(=O)[C@@H]1C[C@@H](OCCCOC(=O)C(F)(F)F)CN1C. The van der Waals surface area contributed by atoms with Crippen LogP contribution in [-0.2, 0) is 19.1 Å². The zero-order valence-corrected chi connectivity index (χ0v) is 11.9. The molecular formula is C12H19F3N2O4. The topological polar surface area (TPSA) is 67.9 Å². The smallest absolute Gasteiger partial charge is 0.459 e. The average Bonchev–Trinajstić information content (AvgIpc) is 2.77. The maximum absolute atomic E-state index is 11.9. The van der Waals surface area contributed by atoms with Gasteiger partial charge in [-0.05, 0) is 13.5 Å². The van der Waals surface area contributed by atoms with Crippen LogP contribution in [0.5, 0.6) is 0 Å². The molecule has 1 amide bonds. The number of esters is 1. The fraction of sp³-hybridized carbons (Fsp3) is 0.833. The molecule has 0 aliphatic carbocycles. The van der Waals surface area contributed by atoms with Crippen LogP contribution in [0, 0.1) is 0 Å². The van der Waals surface area contributed by atoms with Crippen LogP contribution in [0.3, 0.4) is 0 Å². The van der Waals surface area contributed by atoms with E-state index in [0.29, 0.717) is 13.0 Å². The lowest BCUT2D eigenvalue weighted by atomic mass is 10.2. The number of ether oxygens (including phenoxy) is 2. The van der Waals surface area contributed by atoms with Gasteiger partial charge in [0.1, 0.15) is 0 Å². The number of carbonyl (C=O) groups is 2. The summed E-state index contributed by atoms with van der Waals surface area (Å²) >= 11 is 0. The molecule has 1 N–H and O–H groups in total. The second-order valence-corrected chi connectivity index (χ2v) is 4.79. The number of alkyl halides is 3. The maximum Gasteiger partial charge on any atom is 0.490 e. The highest BCUT2D eigenvalue weighted by Gasteiger charge is 2.40. The van der Waals surface area contributed by atoms with Crippen LogP contribution in [0.4, 0.5) is 13.2 Å². The number of carbonyl (C=O) groups excluding carboxylic acids is 2. The summed E-state index contributed by atoms with van der Waals surface area (Å²) in [5, 5.41) is 2.56. The van der Waals surface area contributed by atoms with Crippen LogP contribution in [0.25, 0.3) is 0 Å². The molecule has 0 aromatic rings. The summed E-state index contributed by atoms with van der Waals surface area (Å²) in [5.74, 6) is -2.29. The second-order valence-electron chi connectivity index (χ2n) is 4.79. The molecule has 2 atom stereocenters. The standard InChI is InChI=1S/C12H19F3N2O4/c1-16-10(18)9-6-8(7-17(9)2)20-4-3-5-21-11(19)12(13,14)15/h8-9H,3-7H2,1-2H3,(H,16,18)/t8-,9+/m1/s1. The lowest BCUT2D eigenvalue weighted by molar-refractivity contribution is -0.200. The largest absolute Gasteiger partial charge is 0.490 e. The Labute approximate surface area is 120 Å². The van der Waals surface area contributed by atoms with Gasteiger partial charge < -0.3 is 14.8 Å². The van der Waals surface area contributed by atoms with Gasteiger partial charge in [0.15, 0.2) is 0 Å². The number of hydrogen-bond acceptors (Lipinski definition) is 5. The van der Waals surface area contributed by atoms with Gasteiger partial charge in [0.05, 0.1) is 25.4 Å². The maximum atomic E-state index is 11.9. The molecule has 1 heterocycles. The zero-order chi connectivity index (χ0) is 16.0. The molecule has 1 aliphatic rings. The number of hydrogen-bond donors (Lipinski definition) is 1. The van der Waals surface area contributed by atoms with Crippen molar-refractivity contribution in [2.45, 2.75) is 31.2 Å². The Bertz CT molecular complexity index is 376. The Kier molecular flexibility index (Phi) is 6.41. The summed E-state index contributed by atoms with van der Waals surface area (Å²) in [5.41, 5.74) is 0. The van der Waals surface area contributed by atoms with Crippen molar-refractivity contribution in [3.63, 3.8) is 0 Å². The molecule has 0 bridgehead atoms. The van der Waals surface area contributed by atoms with Crippen molar-refractivity contribution < 1.29 is 32.2 Å². The van der Waals surface area contributed by atoms with Gasteiger partial charge in [-0.1, -0.05) is 0 Å². The molecule has 1 saturated heterocycles. The minimum absolute atomic E-state index is 0.0947. The van der Waals surface area contributed by atoms with Gasteiger partial charge in [-0.25, -0.2) is 4.79 Å². The number of halogens is 3. The van der Waals surface area contributed by atoms with E-state index in [9.17, 15) is 22.8 Å². The fourth-order valence-corrected chi connectivity index (χ4v) is 2.10. The molecule has 9 heteroatoms. The van der Waals surface area contributed by atoms with Gasteiger partial charge in [-0.3, -0.25) is 9.69 Å². The molecule has 1 rings (SSSR count). The average molecular weight is 312 g/mol. The second kappa shape index (κ2) is 7.60. The van der Waals surface area contributed by atoms with Crippen molar-refractivity contribution in [1.82, 2.24) is 10.2 Å². The molecule has 0 radical (unpaired) electrons. The van der Waals surface area contributed by atoms with Gasteiger partial charge >= 0.3 is 12.1 Å². The van der Waals surface area contributed by atoms with Crippen LogP contribution in [-0.4, -0.2) is 69.0 Å². The molecular weight excluding hydrogens is 293 g/mol. The first-order chi connectivity index (χ1) is 9.75. The summed E-state index contributed by atoms with van der Waals surface area (Å²) in [7, 11) is 3.35. The molecule has 0 spiro atoms.